The summed E-state index contributed by atoms with van der Waals surface area (Å²) in [5.41, 5.74) is 5.84. The van der Waals surface area contributed by atoms with E-state index in [-0.39, 0.29) is 11.7 Å². The fourth-order valence-electron chi connectivity index (χ4n) is 2.18. The minimum absolute atomic E-state index is 0.00349. The van der Waals surface area contributed by atoms with E-state index in [1.807, 2.05) is 0 Å². The first-order valence-electron chi connectivity index (χ1n) is 6.26. The van der Waals surface area contributed by atoms with Gasteiger partial charge in [-0.05, 0) is 18.2 Å². The van der Waals surface area contributed by atoms with Crippen molar-refractivity contribution in [3.8, 4) is 5.75 Å². The first kappa shape index (κ1) is 15.2. The van der Waals surface area contributed by atoms with Gasteiger partial charge < -0.3 is 15.7 Å². The molecule has 0 saturated carbocycles. The molecule has 1 saturated heterocycles. The van der Waals surface area contributed by atoms with Crippen LogP contribution in [0.15, 0.2) is 22.7 Å². The van der Waals surface area contributed by atoms with Crippen molar-refractivity contribution in [2.45, 2.75) is 0 Å². The number of carbonyl (C=O) groups excluding carboxylic acids is 1. The van der Waals surface area contributed by atoms with Crippen LogP contribution < -0.4 is 5.73 Å². The van der Waals surface area contributed by atoms with Gasteiger partial charge in [0.2, 0.25) is 0 Å². The minimum atomic E-state index is -0.154. The summed E-state index contributed by atoms with van der Waals surface area (Å²) in [4.78, 5) is 16.7. The van der Waals surface area contributed by atoms with Crippen molar-refractivity contribution in [2.24, 2.45) is 5.73 Å². The normalized spacial score (nSPS) is 16.1. The van der Waals surface area contributed by atoms with Crippen LogP contribution in [0.25, 0.3) is 0 Å². The Morgan fingerprint density at radius 1 is 1.35 bits per heavy atom. The van der Waals surface area contributed by atoms with Crippen LogP contribution in [-0.2, 0) is 0 Å². The Morgan fingerprint density at radius 3 is 2.60 bits per heavy atom. The molecule has 1 heterocycles. The molecule has 0 bridgehead atoms. The van der Waals surface area contributed by atoms with Gasteiger partial charge in [-0.25, -0.2) is 0 Å². The van der Waals surface area contributed by atoms with Crippen molar-refractivity contribution < 1.29 is 9.90 Å². The van der Waals surface area contributed by atoms with Gasteiger partial charge in [0.15, 0.2) is 0 Å². The second kappa shape index (κ2) is 6.51. The summed E-state index contributed by atoms with van der Waals surface area (Å²) >= 11 is 8.19. The Morgan fingerprint density at radius 2 is 2.00 bits per heavy atom. The highest BCUT2D eigenvalue weighted by Gasteiger charge is 2.24. The van der Waals surface area contributed by atoms with E-state index in [1.165, 1.54) is 6.07 Å². The summed E-state index contributed by atoms with van der Waals surface area (Å²) in [7, 11) is 0. The summed E-state index contributed by atoms with van der Waals surface area (Å²) in [6.45, 7) is 3.26. The maximum atomic E-state index is 12.4. The average Bonchev–Trinajstić information content (AvgIpc) is 2.41. The monoisotopic (exact) mass is 357 g/mol. The molecular formula is C13H16BrN3O2S. The zero-order valence-corrected chi connectivity index (χ0v) is 13.3. The molecule has 20 heavy (non-hydrogen) atoms. The third-order valence-electron chi connectivity index (χ3n) is 3.23. The third-order valence-corrected chi connectivity index (χ3v) is 3.85. The molecule has 1 aromatic carbocycles. The number of thiocarbonyl (C=S) groups is 1. The van der Waals surface area contributed by atoms with Crippen LogP contribution in [0.4, 0.5) is 0 Å². The number of carbonyl (C=O) groups is 1. The number of phenolic OH excluding ortho intramolecular Hbond substituents is 1. The molecule has 0 aliphatic carbocycles. The van der Waals surface area contributed by atoms with Crippen molar-refractivity contribution in [1.29, 1.82) is 0 Å². The number of hydrogen-bond donors (Lipinski definition) is 2. The highest BCUT2D eigenvalue weighted by Crippen LogP contribution is 2.23. The Hall–Kier alpha value is -1.18. The predicted octanol–water partition coefficient (Wildman–Crippen LogP) is 1.20. The van der Waals surface area contributed by atoms with Crippen LogP contribution in [-0.4, -0.2) is 58.5 Å². The van der Waals surface area contributed by atoms with Crippen molar-refractivity contribution in [1.82, 2.24) is 9.80 Å². The molecule has 1 aromatic rings. The van der Waals surface area contributed by atoms with Crippen molar-refractivity contribution in [3.63, 3.8) is 0 Å². The smallest absolute Gasteiger partial charge is 0.257 e. The molecule has 1 amide bonds. The van der Waals surface area contributed by atoms with Crippen LogP contribution in [0, 0.1) is 0 Å². The lowest BCUT2D eigenvalue weighted by Crippen LogP contribution is -2.50. The van der Waals surface area contributed by atoms with Gasteiger partial charge in [0, 0.05) is 37.2 Å². The van der Waals surface area contributed by atoms with Gasteiger partial charge in [0.25, 0.3) is 5.91 Å². The van der Waals surface area contributed by atoms with Gasteiger partial charge in [-0.2, -0.15) is 0 Å². The predicted molar refractivity (Wildman–Crippen MR) is 84.9 cm³/mol. The molecule has 0 atom stereocenters. The van der Waals surface area contributed by atoms with E-state index < -0.39 is 0 Å². The van der Waals surface area contributed by atoms with Gasteiger partial charge in [-0.15, -0.1) is 0 Å². The zero-order chi connectivity index (χ0) is 14.7. The molecule has 2 rings (SSSR count). The summed E-state index contributed by atoms with van der Waals surface area (Å²) in [6, 6.07) is 4.85. The highest BCUT2D eigenvalue weighted by atomic mass is 79.9. The van der Waals surface area contributed by atoms with Gasteiger partial charge in [0.05, 0.1) is 10.6 Å². The number of nitrogens with zero attached hydrogens (tertiary/aromatic N) is 2. The number of aromatic hydroxyl groups is 1. The van der Waals surface area contributed by atoms with E-state index in [0.29, 0.717) is 30.2 Å². The van der Waals surface area contributed by atoms with Gasteiger partial charge in [-0.1, -0.05) is 28.1 Å². The molecule has 0 spiro atoms. The highest BCUT2D eigenvalue weighted by molar-refractivity contribution is 9.10. The van der Waals surface area contributed by atoms with Crippen LogP contribution in [0.5, 0.6) is 5.75 Å². The zero-order valence-electron chi connectivity index (χ0n) is 10.9. The minimum Gasteiger partial charge on any atom is -0.507 e. The summed E-state index contributed by atoms with van der Waals surface area (Å²) in [6.07, 6.45) is 0. The van der Waals surface area contributed by atoms with Crippen LogP contribution in [0.2, 0.25) is 0 Å². The molecular weight excluding hydrogens is 342 g/mol. The number of piperazine rings is 1. The quantitative estimate of drug-likeness (QED) is 0.795. The molecule has 0 radical (unpaired) electrons. The molecule has 108 valence electrons. The molecule has 1 aliphatic heterocycles. The molecule has 0 aromatic heterocycles. The average molecular weight is 358 g/mol. The second-order valence-corrected chi connectivity index (χ2v) is 6.14. The van der Waals surface area contributed by atoms with Gasteiger partial charge >= 0.3 is 0 Å². The number of nitrogens with two attached hydrogens (primary N) is 1. The van der Waals surface area contributed by atoms with Crippen molar-refractivity contribution in [2.75, 3.05) is 32.7 Å². The van der Waals surface area contributed by atoms with E-state index >= 15 is 0 Å². The van der Waals surface area contributed by atoms with Crippen molar-refractivity contribution in [3.05, 3.63) is 28.2 Å². The van der Waals surface area contributed by atoms with E-state index in [4.69, 9.17) is 18.0 Å². The first-order chi connectivity index (χ1) is 9.47. The molecule has 3 N–H and O–H groups in total. The topological polar surface area (TPSA) is 69.8 Å². The van der Waals surface area contributed by atoms with E-state index in [1.54, 1.807) is 17.0 Å². The number of hydrogen-bond acceptors (Lipinski definition) is 4. The summed E-state index contributed by atoms with van der Waals surface area (Å²) in [5.74, 6) is -0.150. The molecule has 5 nitrogen and oxygen atoms in total. The van der Waals surface area contributed by atoms with Crippen LogP contribution in [0.3, 0.4) is 0 Å². The van der Waals surface area contributed by atoms with Gasteiger partial charge in [-0.3, -0.25) is 9.69 Å². The number of halogens is 1. The molecule has 0 unspecified atom stereocenters. The fourth-order valence-corrected chi connectivity index (χ4v) is 2.72. The van der Waals surface area contributed by atoms with E-state index in [0.717, 1.165) is 17.6 Å². The Bertz CT molecular complexity index is 530. The van der Waals surface area contributed by atoms with E-state index in [9.17, 15) is 9.90 Å². The lowest BCUT2D eigenvalue weighted by molar-refractivity contribution is 0.0651. The largest absolute Gasteiger partial charge is 0.507 e. The molecule has 1 fully saturated rings. The first-order valence-corrected chi connectivity index (χ1v) is 7.46. The number of amides is 1. The number of benzene rings is 1. The van der Waals surface area contributed by atoms with Crippen LogP contribution in [0.1, 0.15) is 10.4 Å². The Labute approximate surface area is 131 Å². The summed E-state index contributed by atoms with van der Waals surface area (Å²) in [5, 5.41) is 9.79. The maximum absolute atomic E-state index is 12.4. The molecule has 1 aliphatic rings. The second-order valence-electron chi connectivity index (χ2n) is 4.70. The Kier molecular flexibility index (Phi) is 4.95. The third kappa shape index (κ3) is 3.68. The number of rotatable bonds is 3. The standard InChI is InChI=1S/C13H16BrN3O2S/c14-9-1-2-11(18)10(7-9)13(19)17-5-3-16(4-6-17)8-12(15)20/h1-2,7,18H,3-6,8H2,(H2,15,20). The fraction of sp³-hybridized carbons (Fsp3) is 0.385. The number of phenols is 1. The summed E-state index contributed by atoms with van der Waals surface area (Å²) < 4.78 is 0.769. The lowest BCUT2D eigenvalue weighted by atomic mass is 10.1. The van der Waals surface area contributed by atoms with Crippen LogP contribution >= 0.6 is 28.1 Å². The maximum Gasteiger partial charge on any atom is 0.257 e. The van der Waals surface area contributed by atoms with Gasteiger partial charge in [0.1, 0.15) is 5.75 Å². The van der Waals surface area contributed by atoms with Crippen molar-refractivity contribution >= 4 is 39.0 Å². The van der Waals surface area contributed by atoms with E-state index in [2.05, 4.69) is 20.8 Å². The SMILES string of the molecule is NC(=S)CN1CCN(C(=O)c2cc(Br)ccc2O)CC1. The Balaban J connectivity index is 2.01. The molecule has 7 heteroatoms. The lowest BCUT2D eigenvalue weighted by Gasteiger charge is -2.34.